The van der Waals surface area contributed by atoms with Crippen LogP contribution in [0, 0.1) is 0 Å². The molecule has 0 aromatic heterocycles. The van der Waals surface area contributed by atoms with Gasteiger partial charge in [0.15, 0.2) is 0 Å². The number of sulfonamides is 1. The standard InChI is InChI=1S/C13H20ClNO2S/c1-3-5-10-18(16,17)15-13(4-2)11-6-8-12(14)9-7-11/h6-9,13,15H,3-5,10H2,1-2H3. The largest absolute Gasteiger partial charge is 0.212 e. The van der Waals surface area contributed by atoms with Gasteiger partial charge in [0, 0.05) is 11.1 Å². The van der Waals surface area contributed by atoms with Gasteiger partial charge in [-0.15, -0.1) is 0 Å². The van der Waals surface area contributed by atoms with E-state index in [2.05, 4.69) is 4.72 Å². The molecule has 0 spiro atoms. The van der Waals surface area contributed by atoms with Crippen LogP contribution in [0.15, 0.2) is 24.3 Å². The Balaban J connectivity index is 2.76. The van der Waals surface area contributed by atoms with Gasteiger partial charge >= 0.3 is 0 Å². The van der Waals surface area contributed by atoms with E-state index in [4.69, 9.17) is 11.6 Å². The minimum atomic E-state index is -3.20. The zero-order valence-corrected chi connectivity index (χ0v) is 12.4. The van der Waals surface area contributed by atoms with Gasteiger partial charge in [-0.3, -0.25) is 0 Å². The molecule has 3 nitrogen and oxygen atoms in total. The molecule has 1 aromatic rings. The van der Waals surface area contributed by atoms with Crippen molar-refractivity contribution in [2.75, 3.05) is 5.75 Å². The Bertz CT molecular complexity index is 456. The monoisotopic (exact) mass is 289 g/mol. The fourth-order valence-corrected chi connectivity index (χ4v) is 3.34. The molecule has 0 saturated carbocycles. The van der Waals surface area contributed by atoms with Crippen LogP contribution >= 0.6 is 11.6 Å². The fraction of sp³-hybridized carbons (Fsp3) is 0.538. The lowest BCUT2D eigenvalue weighted by molar-refractivity contribution is 0.547. The average molecular weight is 290 g/mol. The van der Waals surface area contributed by atoms with Crippen molar-refractivity contribution in [2.45, 2.75) is 39.2 Å². The second-order valence-corrected chi connectivity index (χ2v) is 6.61. The van der Waals surface area contributed by atoms with Crippen LogP contribution in [0.25, 0.3) is 0 Å². The lowest BCUT2D eigenvalue weighted by atomic mass is 10.1. The Hall–Kier alpha value is -0.580. The molecule has 0 bridgehead atoms. The summed E-state index contributed by atoms with van der Waals surface area (Å²) in [6, 6.07) is 7.10. The van der Waals surface area contributed by atoms with E-state index in [-0.39, 0.29) is 11.8 Å². The van der Waals surface area contributed by atoms with Crippen LogP contribution in [-0.2, 0) is 10.0 Å². The first kappa shape index (κ1) is 15.5. The first-order chi connectivity index (χ1) is 8.48. The van der Waals surface area contributed by atoms with Gasteiger partial charge in [-0.25, -0.2) is 13.1 Å². The lowest BCUT2D eigenvalue weighted by Gasteiger charge is -2.17. The third-order valence-electron chi connectivity index (χ3n) is 2.77. The Morgan fingerprint density at radius 1 is 1.22 bits per heavy atom. The minimum Gasteiger partial charge on any atom is -0.212 e. The second kappa shape index (κ2) is 7.12. The van der Waals surface area contributed by atoms with E-state index in [1.807, 2.05) is 26.0 Å². The molecule has 1 aromatic carbocycles. The molecule has 0 aliphatic rings. The highest BCUT2D eigenvalue weighted by atomic mass is 35.5. The highest BCUT2D eigenvalue weighted by molar-refractivity contribution is 7.89. The fourth-order valence-electron chi connectivity index (χ4n) is 1.69. The SMILES string of the molecule is CCCCS(=O)(=O)NC(CC)c1ccc(Cl)cc1. The summed E-state index contributed by atoms with van der Waals surface area (Å²) in [7, 11) is -3.20. The van der Waals surface area contributed by atoms with Crippen LogP contribution in [0.5, 0.6) is 0 Å². The van der Waals surface area contributed by atoms with Crippen molar-refractivity contribution in [1.82, 2.24) is 4.72 Å². The van der Waals surface area contributed by atoms with Gasteiger partial charge in [-0.2, -0.15) is 0 Å². The Labute approximate surface area is 115 Å². The first-order valence-corrected chi connectivity index (χ1v) is 8.27. The zero-order valence-electron chi connectivity index (χ0n) is 10.8. The molecule has 18 heavy (non-hydrogen) atoms. The molecular weight excluding hydrogens is 270 g/mol. The van der Waals surface area contributed by atoms with Crippen LogP contribution in [0.3, 0.4) is 0 Å². The van der Waals surface area contributed by atoms with Gasteiger partial charge in [0.25, 0.3) is 0 Å². The second-order valence-electron chi connectivity index (χ2n) is 4.30. The molecule has 1 N–H and O–H groups in total. The maximum atomic E-state index is 11.9. The molecule has 0 aliphatic heterocycles. The first-order valence-electron chi connectivity index (χ1n) is 6.24. The summed E-state index contributed by atoms with van der Waals surface area (Å²) in [6.45, 7) is 3.94. The number of hydrogen-bond donors (Lipinski definition) is 1. The van der Waals surface area contributed by atoms with Crippen molar-refractivity contribution in [3.8, 4) is 0 Å². The summed E-state index contributed by atoms with van der Waals surface area (Å²) in [5, 5.41) is 0.655. The maximum Gasteiger partial charge on any atom is 0.212 e. The van der Waals surface area contributed by atoms with Crippen LogP contribution < -0.4 is 4.72 Å². The Morgan fingerprint density at radius 2 is 1.83 bits per heavy atom. The molecule has 5 heteroatoms. The molecule has 0 radical (unpaired) electrons. The van der Waals surface area contributed by atoms with Gasteiger partial charge in [0.2, 0.25) is 10.0 Å². The van der Waals surface area contributed by atoms with Gasteiger partial charge in [-0.1, -0.05) is 44.0 Å². The van der Waals surface area contributed by atoms with E-state index in [1.165, 1.54) is 0 Å². The van der Waals surface area contributed by atoms with Crippen LogP contribution in [0.4, 0.5) is 0 Å². The predicted octanol–water partition coefficient (Wildman–Crippen LogP) is 3.51. The number of halogens is 1. The number of unbranched alkanes of at least 4 members (excludes halogenated alkanes) is 1. The third-order valence-corrected chi connectivity index (χ3v) is 4.49. The summed E-state index contributed by atoms with van der Waals surface area (Å²) in [4.78, 5) is 0. The van der Waals surface area contributed by atoms with Crippen LogP contribution in [0.1, 0.15) is 44.7 Å². The molecule has 0 saturated heterocycles. The molecule has 102 valence electrons. The van der Waals surface area contributed by atoms with E-state index in [9.17, 15) is 8.42 Å². The lowest BCUT2D eigenvalue weighted by Crippen LogP contribution is -2.30. The molecule has 0 amide bonds. The number of nitrogens with one attached hydrogen (secondary N) is 1. The van der Waals surface area contributed by atoms with Crippen molar-refractivity contribution >= 4 is 21.6 Å². The summed E-state index contributed by atoms with van der Waals surface area (Å²) in [6.07, 6.45) is 2.28. The number of benzene rings is 1. The highest BCUT2D eigenvalue weighted by Crippen LogP contribution is 2.20. The van der Waals surface area contributed by atoms with Crippen molar-refractivity contribution in [3.63, 3.8) is 0 Å². The predicted molar refractivity (Wildman–Crippen MR) is 76.3 cm³/mol. The minimum absolute atomic E-state index is 0.177. The summed E-state index contributed by atoms with van der Waals surface area (Å²) in [5.41, 5.74) is 0.946. The summed E-state index contributed by atoms with van der Waals surface area (Å²) < 4.78 is 26.5. The molecule has 1 atom stereocenters. The van der Waals surface area contributed by atoms with Crippen molar-refractivity contribution in [1.29, 1.82) is 0 Å². The molecule has 0 heterocycles. The van der Waals surface area contributed by atoms with E-state index in [0.29, 0.717) is 17.9 Å². The van der Waals surface area contributed by atoms with E-state index < -0.39 is 10.0 Å². The normalized spacial score (nSPS) is 13.5. The number of hydrogen-bond acceptors (Lipinski definition) is 2. The Morgan fingerprint density at radius 3 is 2.33 bits per heavy atom. The summed E-state index contributed by atoms with van der Waals surface area (Å²) >= 11 is 5.82. The topological polar surface area (TPSA) is 46.2 Å². The van der Waals surface area contributed by atoms with Gasteiger partial charge in [-0.05, 0) is 30.5 Å². The maximum absolute atomic E-state index is 11.9. The quantitative estimate of drug-likeness (QED) is 0.835. The average Bonchev–Trinajstić information content (AvgIpc) is 2.35. The van der Waals surface area contributed by atoms with Crippen molar-refractivity contribution in [2.24, 2.45) is 0 Å². The van der Waals surface area contributed by atoms with Crippen LogP contribution in [0.2, 0.25) is 5.02 Å². The molecule has 1 rings (SSSR count). The van der Waals surface area contributed by atoms with Gasteiger partial charge < -0.3 is 0 Å². The Kier molecular flexibility index (Phi) is 6.12. The molecule has 0 fully saturated rings. The van der Waals surface area contributed by atoms with Gasteiger partial charge in [0.05, 0.1) is 5.75 Å². The smallest absolute Gasteiger partial charge is 0.212 e. The van der Waals surface area contributed by atoms with Crippen molar-refractivity contribution in [3.05, 3.63) is 34.9 Å². The highest BCUT2D eigenvalue weighted by Gasteiger charge is 2.17. The number of rotatable bonds is 7. The van der Waals surface area contributed by atoms with E-state index in [0.717, 1.165) is 12.0 Å². The zero-order chi connectivity index (χ0) is 13.6. The molecule has 1 unspecified atom stereocenters. The molecule has 0 aliphatic carbocycles. The van der Waals surface area contributed by atoms with Crippen molar-refractivity contribution < 1.29 is 8.42 Å². The van der Waals surface area contributed by atoms with Gasteiger partial charge in [0.1, 0.15) is 0 Å². The van der Waals surface area contributed by atoms with E-state index >= 15 is 0 Å². The molecular formula is C13H20ClNO2S. The third kappa shape index (κ3) is 4.96. The summed E-state index contributed by atoms with van der Waals surface area (Å²) in [5.74, 6) is 0.188. The van der Waals surface area contributed by atoms with Crippen LogP contribution in [-0.4, -0.2) is 14.2 Å². The van der Waals surface area contributed by atoms with E-state index in [1.54, 1.807) is 12.1 Å².